The van der Waals surface area contributed by atoms with Gasteiger partial charge in [-0.3, -0.25) is 5.41 Å². The van der Waals surface area contributed by atoms with Crippen LogP contribution in [0.3, 0.4) is 0 Å². The summed E-state index contributed by atoms with van der Waals surface area (Å²) in [4.78, 5) is 0. The predicted molar refractivity (Wildman–Crippen MR) is 81.4 cm³/mol. The molecule has 0 heterocycles. The third-order valence-corrected chi connectivity index (χ3v) is 3.18. The molecule has 4 heteroatoms. The molecule has 0 bridgehead atoms. The molecular formula is C17H13FN2O. The van der Waals surface area contributed by atoms with Gasteiger partial charge in [0.05, 0.1) is 5.56 Å². The summed E-state index contributed by atoms with van der Waals surface area (Å²) < 4.78 is 19.0. The van der Waals surface area contributed by atoms with E-state index < -0.39 is 5.82 Å². The quantitative estimate of drug-likeness (QED) is 0.561. The number of nitrogen functional groups attached to an aromatic ring is 1. The Hall–Kier alpha value is -2.88. The van der Waals surface area contributed by atoms with Crippen molar-refractivity contribution in [2.45, 2.75) is 0 Å². The molecule has 3 nitrogen and oxygen atoms in total. The van der Waals surface area contributed by atoms with Crippen molar-refractivity contribution in [3.63, 3.8) is 0 Å². The molecule has 0 aromatic heterocycles. The Morgan fingerprint density at radius 2 is 1.71 bits per heavy atom. The molecule has 0 amide bonds. The van der Waals surface area contributed by atoms with Gasteiger partial charge in [0.2, 0.25) is 0 Å². The van der Waals surface area contributed by atoms with E-state index in [1.807, 2.05) is 42.5 Å². The lowest BCUT2D eigenvalue weighted by atomic mass is 10.1. The van der Waals surface area contributed by atoms with Crippen molar-refractivity contribution >= 4 is 16.6 Å². The van der Waals surface area contributed by atoms with E-state index in [2.05, 4.69) is 0 Å². The molecule has 3 rings (SSSR count). The summed E-state index contributed by atoms with van der Waals surface area (Å²) in [5.74, 6) is 0.290. The van der Waals surface area contributed by atoms with Gasteiger partial charge < -0.3 is 10.5 Å². The zero-order valence-electron chi connectivity index (χ0n) is 11.1. The highest BCUT2D eigenvalue weighted by atomic mass is 19.1. The minimum Gasteiger partial charge on any atom is -0.457 e. The molecule has 0 unspecified atom stereocenters. The zero-order chi connectivity index (χ0) is 14.8. The number of halogens is 1. The van der Waals surface area contributed by atoms with E-state index in [0.29, 0.717) is 11.5 Å². The highest BCUT2D eigenvalue weighted by Gasteiger charge is 2.09. The van der Waals surface area contributed by atoms with Crippen molar-refractivity contribution in [1.29, 1.82) is 5.41 Å². The average Bonchev–Trinajstić information content (AvgIpc) is 2.49. The minimum atomic E-state index is -0.453. The number of ether oxygens (including phenoxy) is 1. The standard InChI is InChI=1S/C17H13FN2O/c18-13-6-8-16(15(10-13)17(19)20)21-14-7-5-11-3-1-2-4-12(11)9-14/h1-10H,(H3,19,20). The molecule has 0 atom stereocenters. The number of amidine groups is 1. The van der Waals surface area contributed by atoms with Gasteiger partial charge in [-0.05, 0) is 41.1 Å². The van der Waals surface area contributed by atoms with Crippen LogP contribution in [-0.2, 0) is 0 Å². The van der Waals surface area contributed by atoms with E-state index in [1.165, 1.54) is 18.2 Å². The van der Waals surface area contributed by atoms with E-state index in [9.17, 15) is 4.39 Å². The van der Waals surface area contributed by atoms with Crippen molar-refractivity contribution in [2.24, 2.45) is 5.73 Å². The van der Waals surface area contributed by atoms with Gasteiger partial charge in [0.15, 0.2) is 0 Å². The van der Waals surface area contributed by atoms with Crippen LogP contribution in [0, 0.1) is 11.2 Å². The summed E-state index contributed by atoms with van der Waals surface area (Å²) in [6.07, 6.45) is 0. The zero-order valence-corrected chi connectivity index (χ0v) is 11.1. The maximum absolute atomic E-state index is 13.2. The second-order valence-electron chi connectivity index (χ2n) is 4.67. The summed E-state index contributed by atoms with van der Waals surface area (Å²) in [6, 6.07) is 17.5. The number of hydrogen-bond acceptors (Lipinski definition) is 2. The number of nitrogens with one attached hydrogen (secondary N) is 1. The Kier molecular flexibility index (Phi) is 3.28. The van der Waals surface area contributed by atoms with Crippen molar-refractivity contribution < 1.29 is 9.13 Å². The second-order valence-corrected chi connectivity index (χ2v) is 4.67. The molecular weight excluding hydrogens is 267 g/mol. The number of rotatable bonds is 3. The lowest BCUT2D eigenvalue weighted by Gasteiger charge is -2.11. The van der Waals surface area contributed by atoms with Crippen LogP contribution in [0.1, 0.15) is 5.56 Å². The number of fused-ring (bicyclic) bond motifs is 1. The van der Waals surface area contributed by atoms with Crippen molar-refractivity contribution in [2.75, 3.05) is 0 Å². The molecule has 104 valence electrons. The Balaban J connectivity index is 2.00. The molecule has 3 N–H and O–H groups in total. The molecule has 0 aliphatic rings. The van der Waals surface area contributed by atoms with Crippen LogP contribution in [-0.4, -0.2) is 5.84 Å². The fourth-order valence-electron chi connectivity index (χ4n) is 2.16. The molecule has 0 aliphatic heterocycles. The number of hydrogen-bond donors (Lipinski definition) is 2. The summed E-state index contributed by atoms with van der Waals surface area (Å²) in [5, 5.41) is 9.65. The first kappa shape index (κ1) is 13.1. The summed E-state index contributed by atoms with van der Waals surface area (Å²) in [5.41, 5.74) is 5.70. The summed E-state index contributed by atoms with van der Waals surface area (Å²) in [6.45, 7) is 0. The molecule has 21 heavy (non-hydrogen) atoms. The van der Waals surface area contributed by atoms with Crippen LogP contribution in [0.4, 0.5) is 4.39 Å². The topological polar surface area (TPSA) is 59.1 Å². The van der Waals surface area contributed by atoms with Crippen LogP contribution >= 0.6 is 0 Å². The van der Waals surface area contributed by atoms with E-state index in [1.54, 1.807) is 0 Å². The molecule has 0 saturated carbocycles. The normalized spacial score (nSPS) is 10.5. The lowest BCUT2D eigenvalue weighted by molar-refractivity contribution is 0.480. The van der Waals surface area contributed by atoms with Gasteiger partial charge in [-0.15, -0.1) is 0 Å². The molecule has 0 fully saturated rings. The van der Waals surface area contributed by atoms with E-state index >= 15 is 0 Å². The molecule has 3 aromatic carbocycles. The first-order valence-electron chi connectivity index (χ1n) is 6.44. The van der Waals surface area contributed by atoms with Crippen LogP contribution in [0.15, 0.2) is 60.7 Å². The summed E-state index contributed by atoms with van der Waals surface area (Å²) >= 11 is 0. The second kappa shape index (κ2) is 5.25. The molecule has 0 spiro atoms. The fourth-order valence-corrected chi connectivity index (χ4v) is 2.16. The minimum absolute atomic E-state index is 0.231. The highest BCUT2D eigenvalue weighted by Crippen LogP contribution is 2.28. The smallest absolute Gasteiger partial charge is 0.138 e. The molecule has 3 aromatic rings. The van der Waals surface area contributed by atoms with Crippen LogP contribution in [0.5, 0.6) is 11.5 Å². The first-order chi connectivity index (χ1) is 10.1. The maximum Gasteiger partial charge on any atom is 0.138 e. The van der Waals surface area contributed by atoms with Crippen LogP contribution < -0.4 is 10.5 Å². The summed E-state index contributed by atoms with van der Waals surface area (Å²) in [7, 11) is 0. The van der Waals surface area contributed by atoms with E-state index in [0.717, 1.165) is 10.8 Å². The Morgan fingerprint density at radius 1 is 0.952 bits per heavy atom. The molecule has 0 aliphatic carbocycles. The van der Waals surface area contributed by atoms with Crippen molar-refractivity contribution in [1.82, 2.24) is 0 Å². The van der Waals surface area contributed by atoms with Gasteiger partial charge in [0.1, 0.15) is 23.2 Å². The largest absolute Gasteiger partial charge is 0.457 e. The van der Waals surface area contributed by atoms with E-state index in [4.69, 9.17) is 15.9 Å². The Bertz CT molecular complexity index is 830. The Morgan fingerprint density at radius 3 is 2.48 bits per heavy atom. The maximum atomic E-state index is 13.2. The third kappa shape index (κ3) is 2.69. The SMILES string of the molecule is N=C(N)c1cc(F)ccc1Oc1ccc2ccccc2c1. The first-order valence-corrected chi connectivity index (χ1v) is 6.44. The lowest BCUT2D eigenvalue weighted by Crippen LogP contribution is -2.12. The van der Waals surface area contributed by atoms with Crippen molar-refractivity contribution in [3.8, 4) is 11.5 Å². The predicted octanol–water partition coefficient (Wildman–Crippen LogP) is 4.06. The monoisotopic (exact) mass is 280 g/mol. The fraction of sp³-hybridized carbons (Fsp3) is 0. The Labute approximate surface area is 121 Å². The molecule has 0 saturated heterocycles. The number of nitrogens with two attached hydrogens (primary N) is 1. The highest BCUT2D eigenvalue weighted by molar-refractivity contribution is 5.97. The molecule has 0 radical (unpaired) electrons. The van der Waals surface area contributed by atoms with Gasteiger partial charge in [-0.25, -0.2) is 4.39 Å². The number of benzene rings is 3. The van der Waals surface area contributed by atoms with Gasteiger partial charge >= 0.3 is 0 Å². The van der Waals surface area contributed by atoms with E-state index in [-0.39, 0.29) is 11.4 Å². The van der Waals surface area contributed by atoms with Crippen LogP contribution in [0.2, 0.25) is 0 Å². The van der Waals surface area contributed by atoms with Gasteiger partial charge in [0, 0.05) is 0 Å². The van der Waals surface area contributed by atoms with Gasteiger partial charge in [0.25, 0.3) is 0 Å². The van der Waals surface area contributed by atoms with Crippen LogP contribution in [0.25, 0.3) is 10.8 Å². The van der Waals surface area contributed by atoms with Gasteiger partial charge in [-0.2, -0.15) is 0 Å². The van der Waals surface area contributed by atoms with Gasteiger partial charge in [-0.1, -0.05) is 30.3 Å². The van der Waals surface area contributed by atoms with Crippen molar-refractivity contribution in [3.05, 3.63) is 72.0 Å². The average molecular weight is 280 g/mol. The third-order valence-electron chi connectivity index (χ3n) is 3.18.